The van der Waals surface area contributed by atoms with Crippen molar-refractivity contribution in [2.45, 2.75) is 24.6 Å². The number of hydrogen-bond donors (Lipinski definition) is 2. The summed E-state index contributed by atoms with van der Waals surface area (Å²) in [5.41, 5.74) is -2.01. The highest BCUT2D eigenvalue weighted by atomic mass is 19.4. The van der Waals surface area contributed by atoms with E-state index in [1.54, 1.807) is 0 Å². The quantitative estimate of drug-likeness (QED) is 0.542. The number of rotatable bonds is 4. The molecule has 1 aliphatic rings. The van der Waals surface area contributed by atoms with Gasteiger partial charge >= 0.3 is 6.18 Å². The fraction of sp³-hybridized carbons (Fsp3) is 0.304. The Morgan fingerprint density at radius 3 is 2.50 bits per heavy atom. The molecule has 1 aliphatic heterocycles. The highest BCUT2D eigenvalue weighted by Crippen LogP contribution is 2.37. The summed E-state index contributed by atoms with van der Waals surface area (Å²) < 4.78 is 84.9. The zero-order valence-electron chi connectivity index (χ0n) is 17.9. The van der Waals surface area contributed by atoms with Crippen LogP contribution in [0.2, 0.25) is 0 Å². The van der Waals surface area contributed by atoms with Crippen molar-refractivity contribution in [2.24, 2.45) is 7.05 Å². The van der Waals surface area contributed by atoms with E-state index in [4.69, 9.17) is 0 Å². The molecule has 2 heterocycles. The van der Waals surface area contributed by atoms with E-state index in [9.17, 15) is 31.1 Å². The number of alkyl halides is 3. The van der Waals surface area contributed by atoms with E-state index in [1.807, 2.05) is 0 Å². The highest BCUT2D eigenvalue weighted by molar-refractivity contribution is 5.97. The van der Waals surface area contributed by atoms with Crippen LogP contribution in [0.3, 0.4) is 0 Å². The lowest BCUT2D eigenvalue weighted by Crippen LogP contribution is -2.50. The summed E-state index contributed by atoms with van der Waals surface area (Å²) in [5, 5.41) is 9.34. The zero-order chi connectivity index (χ0) is 24.6. The maximum atomic E-state index is 15.0. The van der Waals surface area contributed by atoms with Gasteiger partial charge < -0.3 is 10.6 Å². The van der Waals surface area contributed by atoms with Crippen molar-refractivity contribution in [1.29, 1.82) is 0 Å². The molecular formula is C23H20F6N4O. The van der Waals surface area contributed by atoms with Crippen molar-refractivity contribution in [2.75, 3.05) is 13.1 Å². The number of hydrogen-bond acceptors (Lipinski definition) is 3. The van der Waals surface area contributed by atoms with E-state index in [-0.39, 0.29) is 17.8 Å². The molecular weight excluding hydrogens is 462 g/mol. The predicted molar refractivity (Wildman–Crippen MR) is 111 cm³/mol. The van der Waals surface area contributed by atoms with Crippen LogP contribution < -0.4 is 10.6 Å². The normalized spacial score (nSPS) is 18.7. The molecule has 0 saturated carbocycles. The standard InChI is InChI=1S/C23H20F6N4O/c1-33-20(5-7-31-33)13-8-15(23(27,28)29)21(18(26)10-13)22(34)32-19-11-30-6-4-14(19)12-2-3-16(24)17(25)9-12/h2-3,5,7-10,14,19,30H,4,6,11H2,1H3,(H,32,34)/t14-,19?/m0/s1. The van der Waals surface area contributed by atoms with Gasteiger partial charge in [0.2, 0.25) is 0 Å². The molecule has 1 aromatic heterocycles. The fourth-order valence-electron chi connectivity index (χ4n) is 4.26. The monoisotopic (exact) mass is 482 g/mol. The van der Waals surface area contributed by atoms with E-state index in [0.717, 1.165) is 18.2 Å². The van der Waals surface area contributed by atoms with Crippen LogP contribution in [0, 0.1) is 17.5 Å². The summed E-state index contributed by atoms with van der Waals surface area (Å²) in [6.45, 7) is 0.656. The second kappa shape index (κ2) is 9.13. The molecule has 0 aliphatic carbocycles. The van der Waals surface area contributed by atoms with Gasteiger partial charge in [0.05, 0.1) is 16.8 Å². The van der Waals surface area contributed by atoms with E-state index in [2.05, 4.69) is 15.7 Å². The predicted octanol–water partition coefficient (Wildman–Crippen LogP) is 4.40. The Hall–Kier alpha value is -3.34. The summed E-state index contributed by atoms with van der Waals surface area (Å²) in [6, 6.07) is 5.52. The summed E-state index contributed by atoms with van der Waals surface area (Å²) in [4.78, 5) is 12.9. The first-order valence-electron chi connectivity index (χ1n) is 10.4. The maximum absolute atomic E-state index is 15.0. The molecule has 0 bridgehead atoms. The molecule has 34 heavy (non-hydrogen) atoms. The van der Waals surface area contributed by atoms with Gasteiger partial charge in [-0.2, -0.15) is 18.3 Å². The Kier molecular flexibility index (Phi) is 6.39. The maximum Gasteiger partial charge on any atom is 0.417 e. The van der Waals surface area contributed by atoms with Crippen molar-refractivity contribution in [3.05, 3.63) is 76.7 Å². The molecule has 0 radical (unpaired) electrons. The molecule has 1 amide bonds. The minimum atomic E-state index is -5.01. The van der Waals surface area contributed by atoms with Crippen molar-refractivity contribution >= 4 is 5.91 Å². The van der Waals surface area contributed by atoms with E-state index in [1.165, 1.54) is 30.1 Å². The molecule has 2 aromatic carbocycles. The molecule has 5 nitrogen and oxygen atoms in total. The van der Waals surface area contributed by atoms with Crippen LogP contribution in [0.25, 0.3) is 11.3 Å². The third kappa shape index (κ3) is 4.65. The van der Waals surface area contributed by atoms with Gasteiger partial charge in [-0.15, -0.1) is 0 Å². The second-order valence-electron chi connectivity index (χ2n) is 8.07. The lowest BCUT2D eigenvalue weighted by atomic mass is 9.85. The Labute approximate surface area is 190 Å². The number of aromatic nitrogens is 2. The lowest BCUT2D eigenvalue weighted by molar-refractivity contribution is -0.138. The van der Waals surface area contributed by atoms with Crippen LogP contribution in [0.15, 0.2) is 42.6 Å². The van der Waals surface area contributed by atoms with E-state index >= 15 is 0 Å². The number of halogens is 6. The topological polar surface area (TPSA) is 59.0 Å². The van der Waals surface area contributed by atoms with Crippen LogP contribution in [-0.4, -0.2) is 34.8 Å². The molecule has 2 N–H and O–H groups in total. The molecule has 1 saturated heterocycles. The Bertz CT molecular complexity index is 1220. The Balaban J connectivity index is 1.69. The fourth-order valence-corrected chi connectivity index (χ4v) is 4.26. The third-order valence-corrected chi connectivity index (χ3v) is 5.91. The lowest BCUT2D eigenvalue weighted by Gasteiger charge is -2.33. The van der Waals surface area contributed by atoms with Gasteiger partial charge in [-0.3, -0.25) is 9.48 Å². The molecule has 2 atom stereocenters. The summed E-state index contributed by atoms with van der Waals surface area (Å²) in [5.74, 6) is -5.20. The van der Waals surface area contributed by atoms with E-state index in [0.29, 0.717) is 24.6 Å². The van der Waals surface area contributed by atoms with Crippen molar-refractivity contribution in [3.8, 4) is 11.3 Å². The highest BCUT2D eigenvalue weighted by Gasteiger charge is 2.39. The summed E-state index contributed by atoms with van der Waals surface area (Å²) >= 11 is 0. The van der Waals surface area contributed by atoms with Crippen LogP contribution in [0.5, 0.6) is 0 Å². The Morgan fingerprint density at radius 1 is 1.09 bits per heavy atom. The first-order valence-corrected chi connectivity index (χ1v) is 10.4. The van der Waals surface area contributed by atoms with Crippen LogP contribution in [0.4, 0.5) is 26.3 Å². The number of amides is 1. The molecule has 180 valence electrons. The number of nitrogens with one attached hydrogen (secondary N) is 2. The van der Waals surface area contributed by atoms with Gasteiger partial charge in [-0.25, -0.2) is 13.2 Å². The molecule has 1 fully saturated rings. The average Bonchev–Trinajstić information content (AvgIpc) is 3.20. The van der Waals surface area contributed by atoms with Gasteiger partial charge in [-0.1, -0.05) is 6.07 Å². The molecule has 11 heteroatoms. The number of nitrogens with zero attached hydrogens (tertiary/aromatic N) is 2. The third-order valence-electron chi connectivity index (χ3n) is 5.91. The number of piperidine rings is 1. The van der Waals surface area contributed by atoms with Crippen LogP contribution in [-0.2, 0) is 13.2 Å². The number of aryl methyl sites for hydroxylation is 1. The average molecular weight is 482 g/mol. The van der Waals surface area contributed by atoms with Gasteiger partial charge in [0.25, 0.3) is 5.91 Å². The van der Waals surface area contributed by atoms with Crippen LogP contribution >= 0.6 is 0 Å². The molecule has 4 rings (SSSR count). The summed E-state index contributed by atoms with van der Waals surface area (Å²) in [6.07, 6.45) is -3.24. The van der Waals surface area contributed by atoms with Gasteiger partial charge in [0.15, 0.2) is 11.6 Å². The smallest absolute Gasteiger partial charge is 0.347 e. The molecule has 3 aromatic rings. The summed E-state index contributed by atoms with van der Waals surface area (Å²) in [7, 11) is 1.50. The first kappa shape index (κ1) is 23.8. The van der Waals surface area contributed by atoms with Crippen molar-refractivity contribution in [3.63, 3.8) is 0 Å². The Morgan fingerprint density at radius 2 is 1.85 bits per heavy atom. The van der Waals surface area contributed by atoms with E-state index < -0.39 is 52.6 Å². The van der Waals surface area contributed by atoms with Gasteiger partial charge in [0.1, 0.15) is 5.82 Å². The minimum absolute atomic E-state index is 0.0830. The van der Waals surface area contributed by atoms with Crippen molar-refractivity contribution < 1.29 is 31.1 Å². The second-order valence-corrected chi connectivity index (χ2v) is 8.07. The number of carbonyl (C=O) groups excluding carboxylic acids is 1. The van der Waals surface area contributed by atoms with Crippen molar-refractivity contribution in [1.82, 2.24) is 20.4 Å². The largest absolute Gasteiger partial charge is 0.417 e. The number of benzene rings is 2. The SMILES string of the molecule is Cn1nccc1-c1cc(F)c(C(=O)NC2CNCC[C@H]2c2ccc(F)c(F)c2)c(C(F)(F)F)c1. The first-order chi connectivity index (χ1) is 16.1. The molecule has 1 unspecified atom stereocenters. The number of carbonyl (C=O) groups is 1. The van der Waals surface area contributed by atoms with Gasteiger partial charge in [-0.05, 0) is 48.9 Å². The molecule has 0 spiro atoms. The minimum Gasteiger partial charge on any atom is -0.347 e. The zero-order valence-corrected chi connectivity index (χ0v) is 17.9. The van der Waals surface area contributed by atoms with Gasteiger partial charge in [0, 0.05) is 37.3 Å². The van der Waals surface area contributed by atoms with Crippen LogP contribution in [0.1, 0.15) is 33.8 Å².